The first-order valence-corrected chi connectivity index (χ1v) is 5.26. The quantitative estimate of drug-likeness (QED) is 0.655. The molecule has 1 aromatic carbocycles. The molecule has 86 valence electrons. The van der Waals surface area contributed by atoms with Gasteiger partial charge in [-0.15, -0.1) is 0 Å². The Morgan fingerprint density at radius 3 is 2.56 bits per heavy atom. The molecule has 0 amide bonds. The van der Waals surface area contributed by atoms with Crippen LogP contribution < -0.4 is 5.73 Å². The third kappa shape index (κ3) is 2.52. The summed E-state index contributed by atoms with van der Waals surface area (Å²) in [5.41, 5.74) is 5.81. The molecule has 3 N–H and O–H groups in total. The Hall–Kier alpha value is -1.56. The summed E-state index contributed by atoms with van der Waals surface area (Å²) in [5, 5.41) is 8.82. The van der Waals surface area contributed by atoms with Gasteiger partial charge in [0.25, 0.3) is 0 Å². The number of anilines is 1. The van der Waals surface area contributed by atoms with Crippen molar-refractivity contribution >= 4 is 33.6 Å². The fraction of sp³-hybridized carbons (Fsp3) is 0.200. The fourth-order valence-electron chi connectivity index (χ4n) is 1.14. The number of hydrogen-bond acceptors (Lipinski definition) is 4. The third-order valence-corrected chi connectivity index (χ3v) is 2.52. The van der Waals surface area contributed by atoms with E-state index in [-0.39, 0.29) is 27.9 Å². The van der Waals surface area contributed by atoms with Crippen molar-refractivity contribution in [3.05, 3.63) is 27.7 Å². The third-order valence-electron chi connectivity index (χ3n) is 1.86. The summed E-state index contributed by atoms with van der Waals surface area (Å²) in [6.45, 7) is 1.91. The normalized spacial score (nSPS) is 9.88. The second-order valence-electron chi connectivity index (χ2n) is 2.94. The first-order chi connectivity index (χ1) is 7.47. The van der Waals surface area contributed by atoms with Crippen LogP contribution in [-0.4, -0.2) is 23.7 Å². The maximum Gasteiger partial charge on any atom is 0.340 e. The predicted octanol–water partition coefficient (Wildman–Crippen LogP) is 1.91. The highest BCUT2D eigenvalue weighted by molar-refractivity contribution is 9.10. The number of halogens is 1. The van der Waals surface area contributed by atoms with Gasteiger partial charge in [-0.2, -0.15) is 0 Å². The van der Waals surface area contributed by atoms with Crippen LogP contribution in [0.15, 0.2) is 16.6 Å². The molecule has 0 unspecified atom stereocenters. The van der Waals surface area contributed by atoms with Gasteiger partial charge in [0, 0.05) is 10.2 Å². The number of ether oxygens (including phenoxy) is 1. The molecule has 5 nitrogen and oxygen atoms in total. The Labute approximate surface area is 100 Å². The minimum Gasteiger partial charge on any atom is -0.478 e. The lowest BCUT2D eigenvalue weighted by Crippen LogP contribution is -2.10. The summed E-state index contributed by atoms with van der Waals surface area (Å²) in [7, 11) is 0. The Morgan fingerprint density at radius 1 is 1.44 bits per heavy atom. The van der Waals surface area contributed by atoms with Crippen molar-refractivity contribution < 1.29 is 19.4 Å². The van der Waals surface area contributed by atoms with Crippen LogP contribution in [0.3, 0.4) is 0 Å². The largest absolute Gasteiger partial charge is 0.478 e. The monoisotopic (exact) mass is 287 g/mol. The molecule has 16 heavy (non-hydrogen) atoms. The van der Waals surface area contributed by atoms with Crippen LogP contribution in [0.25, 0.3) is 0 Å². The SMILES string of the molecule is CCOC(=O)c1cc(Br)c(C(=O)O)cc1N. The van der Waals surface area contributed by atoms with E-state index in [0.717, 1.165) is 0 Å². The molecule has 0 atom stereocenters. The van der Waals surface area contributed by atoms with E-state index in [1.807, 2.05) is 0 Å². The molecular weight excluding hydrogens is 278 g/mol. The summed E-state index contributed by atoms with van der Waals surface area (Å²) < 4.78 is 5.07. The van der Waals surface area contributed by atoms with E-state index in [1.165, 1.54) is 12.1 Å². The first kappa shape index (κ1) is 12.5. The van der Waals surface area contributed by atoms with Crippen LogP contribution in [0.4, 0.5) is 5.69 Å². The average Bonchev–Trinajstić information content (AvgIpc) is 2.20. The standard InChI is InChI=1S/C10H10BrNO4/c1-2-16-10(15)6-3-7(11)5(9(13)14)4-8(6)12/h3-4H,2,12H2,1H3,(H,13,14). The maximum absolute atomic E-state index is 11.4. The molecule has 0 spiro atoms. The summed E-state index contributed by atoms with van der Waals surface area (Å²) >= 11 is 3.06. The minimum absolute atomic E-state index is 0.00514. The number of carbonyl (C=O) groups is 2. The van der Waals surface area contributed by atoms with Crippen LogP contribution in [0.2, 0.25) is 0 Å². The van der Waals surface area contributed by atoms with Gasteiger partial charge in [-0.05, 0) is 35.0 Å². The lowest BCUT2D eigenvalue weighted by Gasteiger charge is -2.07. The van der Waals surface area contributed by atoms with Gasteiger partial charge in [-0.3, -0.25) is 0 Å². The minimum atomic E-state index is -1.12. The molecule has 0 bridgehead atoms. The molecule has 0 fully saturated rings. The van der Waals surface area contributed by atoms with Crippen molar-refractivity contribution in [2.24, 2.45) is 0 Å². The lowest BCUT2D eigenvalue weighted by molar-refractivity contribution is 0.0526. The van der Waals surface area contributed by atoms with Crippen molar-refractivity contribution in [1.82, 2.24) is 0 Å². The number of benzene rings is 1. The van der Waals surface area contributed by atoms with E-state index in [4.69, 9.17) is 15.6 Å². The molecule has 1 aromatic rings. The number of carboxylic acid groups (broad SMARTS) is 1. The zero-order valence-electron chi connectivity index (χ0n) is 8.49. The molecule has 0 saturated carbocycles. The molecular formula is C10H10BrNO4. The molecule has 0 aliphatic rings. The maximum atomic E-state index is 11.4. The number of rotatable bonds is 3. The molecule has 0 saturated heterocycles. The Balaban J connectivity index is 3.20. The van der Waals surface area contributed by atoms with E-state index in [1.54, 1.807) is 6.92 Å². The number of hydrogen-bond donors (Lipinski definition) is 2. The van der Waals surface area contributed by atoms with Crippen molar-refractivity contribution in [3.8, 4) is 0 Å². The van der Waals surface area contributed by atoms with Crippen LogP contribution in [0.1, 0.15) is 27.6 Å². The number of carbonyl (C=O) groups excluding carboxylic acids is 1. The number of carboxylic acids is 1. The van der Waals surface area contributed by atoms with Crippen molar-refractivity contribution in [1.29, 1.82) is 0 Å². The van der Waals surface area contributed by atoms with Crippen molar-refractivity contribution in [2.75, 3.05) is 12.3 Å². The van der Waals surface area contributed by atoms with Crippen molar-refractivity contribution in [3.63, 3.8) is 0 Å². The Kier molecular flexibility index (Phi) is 3.89. The molecule has 1 rings (SSSR count). The zero-order valence-corrected chi connectivity index (χ0v) is 10.1. The predicted molar refractivity (Wildman–Crippen MR) is 61.5 cm³/mol. The van der Waals surface area contributed by atoms with Gasteiger partial charge in [-0.25, -0.2) is 9.59 Å². The second kappa shape index (κ2) is 4.98. The van der Waals surface area contributed by atoms with E-state index in [0.29, 0.717) is 0 Å². The van der Waals surface area contributed by atoms with Gasteiger partial charge in [0.15, 0.2) is 0 Å². The highest BCUT2D eigenvalue weighted by atomic mass is 79.9. The lowest BCUT2D eigenvalue weighted by atomic mass is 10.1. The van der Waals surface area contributed by atoms with Crippen LogP contribution in [0, 0.1) is 0 Å². The number of aromatic carboxylic acids is 1. The number of nitrogen functional groups attached to an aromatic ring is 1. The van der Waals surface area contributed by atoms with Gasteiger partial charge in [0.05, 0.1) is 17.7 Å². The Morgan fingerprint density at radius 2 is 2.06 bits per heavy atom. The molecule has 0 aliphatic carbocycles. The van der Waals surface area contributed by atoms with Crippen molar-refractivity contribution in [2.45, 2.75) is 6.92 Å². The second-order valence-corrected chi connectivity index (χ2v) is 3.80. The van der Waals surface area contributed by atoms with Gasteiger partial charge in [0.1, 0.15) is 0 Å². The summed E-state index contributed by atoms with van der Waals surface area (Å²) in [4.78, 5) is 22.2. The smallest absolute Gasteiger partial charge is 0.340 e. The highest BCUT2D eigenvalue weighted by Gasteiger charge is 2.16. The molecule has 0 aliphatic heterocycles. The summed E-state index contributed by atoms with van der Waals surface area (Å²) in [5.74, 6) is -1.69. The van der Waals surface area contributed by atoms with Gasteiger partial charge >= 0.3 is 11.9 Å². The number of nitrogens with two attached hydrogens (primary N) is 1. The first-order valence-electron chi connectivity index (χ1n) is 4.46. The highest BCUT2D eigenvalue weighted by Crippen LogP contribution is 2.24. The molecule has 0 radical (unpaired) electrons. The summed E-state index contributed by atoms with van der Waals surface area (Å²) in [6, 6.07) is 2.56. The fourth-order valence-corrected chi connectivity index (χ4v) is 1.65. The van der Waals surface area contributed by atoms with Crippen LogP contribution in [0.5, 0.6) is 0 Å². The van der Waals surface area contributed by atoms with Gasteiger partial charge in [0.2, 0.25) is 0 Å². The molecule has 0 aromatic heterocycles. The number of esters is 1. The molecule has 0 heterocycles. The van der Waals surface area contributed by atoms with Gasteiger partial charge < -0.3 is 15.6 Å². The van der Waals surface area contributed by atoms with Crippen LogP contribution >= 0.6 is 15.9 Å². The van der Waals surface area contributed by atoms with E-state index in [9.17, 15) is 9.59 Å². The summed E-state index contributed by atoms with van der Waals surface area (Å²) in [6.07, 6.45) is 0. The van der Waals surface area contributed by atoms with E-state index < -0.39 is 11.9 Å². The Bertz CT molecular complexity index is 445. The van der Waals surface area contributed by atoms with Crippen LogP contribution in [-0.2, 0) is 4.74 Å². The average molecular weight is 288 g/mol. The molecule has 6 heteroatoms. The van der Waals surface area contributed by atoms with E-state index >= 15 is 0 Å². The van der Waals surface area contributed by atoms with E-state index in [2.05, 4.69) is 15.9 Å². The topological polar surface area (TPSA) is 89.6 Å². The zero-order chi connectivity index (χ0) is 12.3. The van der Waals surface area contributed by atoms with Gasteiger partial charge in [-0.1, -0.05) is 0 Å².